The number of aromatic amines is 1. The Morgan fingerprint density at radius 1 is 0.979 bits per heavy atom. The first-order valence-corrected chi connectivity index (χ1v) is 20.4. The molecule has 1 saturated heterocycles. The molecule has 3 unspecified atom stereocenters. The van der Waals surface area contributed by atoms with Crippen molar-refractivity contribution in [3.05, 3.63) is 32.9 Å². The van der Waals surface area contributed by atoms with Crippen LogP contribution in [0.15, 0.2) is 15.8 Å². The van der Waals surface area contributed by atoms with Gasteiger partial charge in [0.05, 0.1) is 31.6 Å². The monoisotopic (exact) mass is 724 g/mol. The molecule has 280 valence electrons. The number of unbranched alkanes of at least 4 members (excludes halogenated alkanes) is 11. The second-order valence-corrected chi connectivity index (χ2v) is 15.0. The summed E-state index contributed by atoms with van der Waals surface area (Å²) < 4.78 is 49.0. The Kier molecular flexibility index (Phi) is 22.4. The first-order valence-electron chi connectivity index (χ1n) is 18.3. The molecule has 1 aliphatic rings. The van der Waals surface area contributed by atoms with E-state index in [0.29, 0.717) is 25.1 Å². The molecule has 48 heavy (non-hydrogen) atoms. The van der Waals surface area contributed by atoms with E-state index in [2.05, 4.69) is 26.5 Å². The average Bonchev–Trinajstić information content (AvgIpc) is 3.43. The summed E-state index contributed by atoms with van der Waals surface area (Å²) in [6.45, 7) is 4.36. The summed E-state index contributed by atoms with van der Waals surface area (Å²) in [5.41, 5.74) is -2.07. The molecule has 0 aliphatic carbocycles. The highest BCUT2D eigenvalue weighted by Crippen LogP contribution is 2.44. The van der Waals surface area contributed by atoms with Crippen molar-refractivity contribution in [3.8, 4) is 0 Å². The highest BCUT2D eigenvalue weighted by molar-refractivity contribution is 7.80. The zero-order valence-electron chi connectivity index (χ0n) is 29.2. The summed E-state index contributed by atoms with van der Waals surface area (Å²) in [5, 5.41) is 10.3. The molecule has 0 radical (unpaired) electrons. The Morgan fingerprint density at radius 3 is 2.29 bits per heavy atom. The van der Waals surface area contributed by atoms with Crippen molar-refractivity contribution in [1.82, 2.24) is 9.55 Å². The van der Waals surface area contributed by atoms with Crippen LogP contribution in [0.2, 0.25) is 0 Å². The molecule has 1 aliphatic heterocycles. The fourth-order valence-electron chi connectivity index (χ4n) is 6.11. The summed E-state index contributed by atoms with van der Waals surface area (Å²) in [6, 6.07) is 0. The number of phosphoric acid groups is 1. The minimum atomic E-state index is -4.46. The molecule has 0 amide bonds. The molecule has 0 bridgehead atoms. The molecule has 2 rings (SSSR count). The Hall–Kier alpha value is -1.05. The van der Waals surface area contributed by atoms with Crippen LogP contribution < -0.4 is 11.2 Å². The third-order valence-electron chi connectivity index (χ3n) is 9.06. The Balaban J connectivity index is 1.75. The van der Waals surface area contributed by atoms with E-state index in [1.54, 1.807) is 0 Å². The van der Waals surface area contributed by atoms with Gasteiger partial charge in [-0.25, -0.2) is 9.36 Å². The van der Waals surface area contributed by atoms with Crippen LogP contribution in [0.1, 0.15) is 142 Å². The smallest absolute Gasteiger partial charge is 0.390 e. The summed E-state index contributed by atoms with van der Waals surface area (Å²) in [4.78, 5) is 35.3. The average molecular weight is 725 g/mol. The fraction of sp³-hybridized carbons (Fsp3) is 0.882. The molecule has 0 spiro atoms. The number of hydrogen-bond acceptors (Lipinski definition) is 9. The van der Waals surface area contributed by atoms with Gasteiger partial charge < -0.3 is 19.5 Å². The van der Waals surface area contributed by atoms with Gasteiger partial charge in [-0.2, -0.15) is 17.0 Å². The summed E-state index contributed by atoms with van der Waals surface area (Å²) in [5.74, 6) is 0.386. The van der Waals surface area contributed by atoms with Gasteiger partial charge in [-0.15, -0.1) is 0 Å². The molecule has 11 nitrogen and oxygen atoms in total. The molecule has 1 aromatic rings. The first-order chi connectivity index (χ1) is 23.1. The fourth-order valence-corrected chi connectivity index (χ4v) is 7.11. The van der Waals surface area contributed by atoms with Gasteiger partial charge in [-0.1, -0.05) is 104 Å². The lowest BCUT2D eigenvalue weighted by Crippen LogP contribution is -2.34. The van der Waals surface area contributed by atoms with E-state index < -0.39 is 49.9 Å². The van der Waals surface area contributed by atoms with Crippen LogP contribution in [0.25, 0.3) is 0 Å². The molecular weight excluding hydrogens is 662 g/mol. The van der Waals surface area contributed by atoms with Crippen LogP contribution >= 0.6 is 20.5 Å². The number of aromatic nitrogens is 2. The maximum absolute atomic E-state index is 13.7. The molecule has 0 aromatic carbocycles. The van der Waals surface area contributed by atoms with Gasteiger partial charge in [0.2, 0.25) is 5.82 Å². The zero-order valence-corrected chi connectivity index (χ0v) is 31.0. The first kappa shape index (κ1) is 43.1. The van der Waals surface area contributed by atoms with Crippen molar-refractivity contribution in [3.63, 3.8) is 0 Å². The molecular formula is C34H62FN2O9PS. The minimum Gasteiger partial charge on any atom is -0.390 e. The van der Waals surface area contributed by atoms with Crippen molar-refractivity contribution in [1.29, 1.82) is 0 Å². The number of H-pyrrole nitrogens is 1. The lowest BCUT2D eigenvalue weighted by Gasteiger charge is -2.24. The van der Waals surface area contributed by atoms with Crippen LogP contribution in [0.3, 0.4) is 0 Å². The van der Waals surface area contributed by atoms with Crippen LogP contribution in [-0.2, 0) is 23.1 Å². The predicted octanol–water partition coefficient (Wildman–Crippen LogP) is 7.45. The highest BCUT2D eigenvalue weighted by atomic mass is 32.1. The van der Waals surface area contributed by atoms with Crippen LogP contribution in [0, 0.1) is 11.7 Å². The van der Waals surface area contributed by atoms with E-state index >= 15 is 0 Å². The van der Waals surface area contributed by atoms with Crippen molar-refractivity contribution in [2.24, 2.45) is 5.92 Å². The molecule has 1 fully saturated rings. The van der Waals surface area contributed by atoms with Crippen LogP contribution in [0.4, 0.5) is 4.39 Å². The van der Waals surface area contributed by atoms with E-state index in [0.717, 1.165) is 36.0 Å². The van der Waals surface area contributed by atoms with Gasteiger partial charge in [0.1, 0.15) is 12.3 Å². The number of aliphatic hydroxyl groups excluding tert-OH is 1. The molecule has 14 heteroatoms. The third kappa shape index (κ3) is 17.7. The van der Waals surface area contributed by atoms with Gasteiger partial charge in [0.25, 0.3) is 5.56 Å². The number of aliphatic hydroxyl groups is 1. The number of ether oxygens (including phenoxy) is 2. The van der Waals surface area contributed by atoms with Crippen molar-refractivity contribution >= 4 is 20.5 Å². The van der Waals surface area contributed by atoms with Gasteiger partial charge in [-0.05, 0) is 37.4 Å². The third-order valence-corrected chi connectivity index (χ3v) is 10.4. The number of rotatable bonds is 29. The molecule has 3 N–H and O–H groups in total. The van der Waals surface area contributed by atoms with E-state index in [1.165, 1.54) is 83.5 Å². The second kappa shape index (κ2) is 25.0. The van der Waals surface area contributed by atoms with Crippen LogP contribution in [-0.4, -0.2) is 63.4 Å². The van der Waals surface area contributed by atoms with Crippen molar-refractivity contribution in [2.45, 2.75) is 160 Å². The predicted molar refractivity (Wildman–Crippen MR) is 189 cm³/mol. The number of thiol groups is 1. The zero-order chi connectivity index (χ0) is 35.2. The maximum atomic E-state index is 13.7. The largest absolute Gasteiger partial charge is 0.472 e. The molecule has 1 aromatic heterocycles. The lowest BCUT2D eigenvalue weighted by atomic mass is 9.90. The van der Waals surface area contributed by atoms with Gasteiger partial charge in [0.15, 0.2) is 0 Å². The van der Waals surface area contributed by atoms with Gasteiger partial charge >= 0.3 is 13.5 Å². The lowest BCUT2D eigenvalue weighted by molar-refractivity contribution is -0.0471. The SMILES string of the molecule is CCCCCCCCCC(CC)CC(CCCCCCCCS)OCCCOP(=O)(O)OC[C@H]1O[C@@H](n2cc(F)c(=O)[nH]c2=O)C[C@@H]1O. The van der Waals surface area contributed by atoms with E-state index in [4.69, 9.17) is 18.5 Å². The number of nitrogens with one attached hydrogen (secondary N) is 1. The standard InChI is InChI=1S/C34H62FN2O9PS/c1-3-5-6-7-8-11-14-18-27(4-2)23-28(19-15-12-9-10-13-16-22-48)43-20-17-21-44-47(41,42)45-26-31-30(38)24-32(46-31)37-25-29(35)33(39)36-34(37)40/h25,27-28,30-32,38,48H,3-24,26H2,1-2H3,(H,41,42)(H,36,39,40)/t27?,28?,30-,31+,32+/m0/s1. The van der Waals surface area contributed by atoms with Crippen molar-refractivity contribution < 1.29 is 37.5 Å². The molecule has 2 heterocycles. The summed E-state index contributed by atoms with van der Waals surface area (Å²) in [6.07, 6.45) is 18.5. The maximum Gasteiger partial charge on any atom is 0.472 e. The Morgan fingerprint density at radius 2 is 1.62 bits per heavy atom. The normalized spacial score (nSPS) is 20.6. The highest BCUT2D eigenvalue weighted by Gasteiger charge is 2.37. The summed E-state index contributed by atoms with van der Waals surface area (Å²) >= 11 is 4.30. The van der Waals surface area contributed by atoms with Gasteiger partial charge in [0, 0.05) is 13.0 Å². The van der Waals surface area contributed by atoms with E-state index in [9.17, 15) is 28.5 Å². The second-order valence-electron chi connectivity index (χ2n) is 13.1. The summed E-state index contributed by atoms with van der Waals surface area (Å²) in [7, 11) is -4.46. The van der Waals surface area contributed by atoms with Crippen LogP contribution in [0.5, 0.6) is 0 Å². The quantitative estimate of drug-likeness (QED) is 0.0376. The molecule has 0 saturated carbocycles. The van der Waals surface area contributed by atoms with E-state index in [1.807, 2.05) is 4.98 Å². The van der Waals surface area contributed by atoms with E-state index in [-0.39, 0.29) is 19.1 Å². The number of nitrogens with zero attached hydrogens (tertiary/aromatic N) is 1. The Labute approximate surface area is 291 Å². The number of phosphoric ester groups is 1. The minimum absolute atomic E-state index is 0.0520. The van der Waals surface area contributed by atoms with Gasteiger partial charge in [-0.3, -0.25) is 23.4 Å². The molecule has 6 atom stereocenters. The number of hydrogen-bond donors (Lipinski definition) is 4. The topological polar surface area (TPSA) is 149 Å². The Bertz CT molecular complexity index is 1160. The number of halogens is 1. The van der Waals surface area contributed by atoms with Crippen molar-refractivity contribution in [2.75, 3.05) is 25.6 Å².